The van der Waals surface area contributed by atoms with E-state index in [0.29, 0.717) is 38.0 Å². The Hall–Kier alpha value is -2.86. The Kier molecular flexibility index (Phi) is 8.37. The molecule has 1 fully saturated rings. The van der Waals surface area contributed by atoms with Gasteiger partial charge < -0.3 is 20.4 Å². The number of piperidine rings is 1. The van der Waals surface area contributed by atoms with Crippen molar-refractivity contribution in [2.24, 2.45) is 11.3 Å². The largest absolute Gasteiger partial charge is 0.355 e. The third-order valence-electron chi connectivity index (χ3n) is 6.67. The van der Waals surface area contributed by atoms with Crippen LogP contribution in [0.25, 0.3) is 0 Å². The van der Waals surface area contributed by atoms with Crippen LogP contribution in [0.5, 0.6) is 0 Å². The lowest BCUT2D eigenvalue weighted by molar-refractivity contribution is -0.126. The number of amides is 2. The van der Waals surface area contributed by atoms with E-state index >= 15 is 0 Å². The maximum atomic E-state index is 13.4. The van der Waals surface area contributed by atoms with Gasteiger partial charge in [-0.2, -0.15) is 0 Å². The first-order valence-corrected chi connectivity index (χ1v) is 12.2. The van der Waals surface area contributed by atoms with Crippen molar-refractivity contribution in [3.63, 3.8) is 0 Å². The first-order valence-electron chi connectivity index (χ1n) is 12.2. The molecule has 0 bridgehead atoms. The van der Waals surface area contributed by atoms with Crippen molar-refractivity contribution in [3.05, 3.63) is 59.2 Å². The molecule has 2 aromatic rings. The van der Waals surface area contributed by atoms with E-state index < -0.39 is 0 Å². The monoisotopic (exact) mass is 464 g/mol. The summed E-state index contributed by atoms with van der Waals surface area (Å²) >= 11 is 0. The zero-order valence-corrected chi connectivity index (χ0v) is 21.6. The van der Waals surface area contributed by atoms with Crippen LogP contribution in [0.3, 0.4) is 0 Å². The molecule has 1 aliphatic heterocycles. The molecular formula is C28H40N4O2. The van der Waals surface area contributed by atoms with Gasteiger partial charge in [0.05, 0.1) is 11.3 Å². The molecule has 0 spiro atoms. The lowest BCUT2D eigenvalue weighted by Gasteiger charge is -2.33. The summed E-state index contributed by atoms with van der Waals surface area (Å²) in [5.41, 5.74) is 4.88. The summed E-state index contributed by atoms with van der Waals surface area (Å²) in [5.74, 6) is 0.0813. The number of carbonyl (C=O) groups is 2. The van der Waals surface area contributed by atoms with Crippen molar-refractivity contribution in [1.29, 1.82) is 0 Å². The molecule has 6 nitrogen and oxygen atoms in total. The van der Waals surface area contributed by atoms with Crippen LogP contribution in [0.2, 0.25) is 0 Å². The Morgan fingerprint density at radius 3 is 2.32 bits per heavy atom. The molecule has 1 saturated heterocycles. The van der Waals surface area contributed by atoms with Crippen molar-refractivity contribution in [2.75, 3.05) is 45.6 Å². The number of nitrogens with one attached hydrogen (secondary N) is 2. The standard InChI is InChI=1S/C28H40N4O2/c1-20-10-9-13-24(21(20)2)30-25-12-8-7-11-23(25)27(34)32-16-14-22(15-17-32)26(33)29-18-28(3,4)19-31(5)6/h7-13,22,30H,14-19H2,1-6H3,(H,29,33). The highest BCUT2D eigenvalue weighted by Gasteiger charge is 2.30. The highest BCUT2D eigenvalue weighted by atomic mass is 16.2. The molecule has 2 N–H and O–H groups in total. The number of benzene rings is 2. The first-order chi connectivity index (χ1) is 16.1. The zero-order chi connectivity index (χ0) is 24.9. The van der Waals surface area contributed by atoms with E-state index in [1.54, 1.807) is 0 Å². The predicted molar refractivity (Wildman–Crippen MR) is 140 cm³/mol. The summed E-state index contributed by atoms with van der Waals surface area (Å²) in [6, 6.07) is 13.8. The molecular weight excluding hydrogens is 424 g/mol. The molecule has 1 aliphatic rings. The van der Waals surface area contributed by atoms with Gasteiger partial charge in [0.25, 0.3) is 5.91 Å². The van der Waals surface area contributed by atoms with Crippen molar-refractivity contribution < 1.29 is 9.59 Å². The van der Waals surface area contributed by atoms with Crippen molar-refractivity contribution in [3.8, 4) is 0 Å². The van der Waals surface area contributed by atoms with E-state index in [9.17, 15) is 9.59 Å². The maximum Gasteiger partial charge on any atom is 0.255 e. The van der Waals surface area contributed by atoms with Gasteiger partial charge >= 0.3 is 0 Å². The van der Waals surface area contributed by atoms with Gasteiger partial charge in [0.1, 0.15) is 0 Å². The summed E-state index contributed by atoms with van der Waals surface area (Å²) in [5, 5.41) is 6.60. The molecule has 3 rings (SSSR count). The lowest BCUT2D eigenvalue weighted by Crippen LogP contribution is -2.46. The number of carbonyl (C=O) groups excluding carboxylic acids is 2. The summed E-state index contributed by atoms with van der Waals surface area (Å²) < 4.78 is 0. The van der Waals surface area contributed by atoms with Gasteiger partial charge in [-0.15, -0.1) is 0 Å². The normalized spacial score (nSPS) is 14.9. The summed E-state index contributed by atoms with van der Waals surface area (Å²) in [4.78, 5) is 30.2. The van der Waals surface area contributed by atoms with Gasteiger partial charge in [0.15, 0.2) is 0 Å². The average molecular weight is 465 g/mol. The second-order valence-corrected chi connectivity index (χ2v) is 10.6. The first kappa shape index (κ1) is 25.8. The Balaban J connectivity index is 1.60. The van der Waals surface area contributed by atoms with E-state index in [2.05, 4.69) is 49.3 Å². The molecule has 1 heterocycles. The van der Waals surface area contributed by atoms with E-state index in [1.807, 2.05) is 55.4 Å². The minimum Gasteiger partial charge on any atom is -0.355 e. The SMILES string of the molecule is Cc1cccc(Nc2ccccc2C(=O)N2CCC(C(=O)NCC(C)(C)CN(C)C)CC2)c1C. The van der Waals surface area contributed by atoms with E-state index in [0.717, 1.165) is 17.9 Å². The Morgan fingerprint density at radius 1 is 1.00 bits per heavy atom. The number of hydrogen-bond donors (Lipinski definition) is 2. The Labute approximate surface area is 204 Å². The van der Waals surface area contributed by atoms with Crippen LogP contribution < -0.4 is 10.6 Å². The van der Waals surface area contributed by atoms with Gasteiger partial charge in [0, 0.05) is 37.8 Å². The van der Waals surface area contributed by atoms with Crippen LogP contribution in [-0.4, -0.2) is 61.9 Å². The number of nitrogens with zero attached hydrogens (tertiary/aromatic N) is 2. The minimum absolute atomic E-state index is 0.0133. The van der Waals surface area contributed by atoms with Gasteiger partial charge in [-0.25, -0.2) is 0 Å². The molecule has 0 aromatic heterocycles. The van der Waals surface area contributed by atoms with Crippen LogP contribution in [0.15, 0.2) is 42.5 Å². The molecule has 6 heteroatoms. The van der Waals surface area contributed by atoms with Crippen molar-refractivity contribution in [1.82, 2.24) is 15.1 Å². The molecule has 0 atom stereocenters. The van der Waals surface area contributed by atoms with Crippen molar-refractivity contribution >= 4 is 23.2 Å². The molecule has 0 unspecified atom stereocenters. The van der Waals surface area contributed by atoms with Crippen LogP contribution in [0.1, 0.15) is 48.2 Å². The number of anilines is 2. The van der Waals surface area contributed by atoms with Gasteiger partial charge in [-0.05, 0) is 75.5 Å². The van der Waals surface area contributed by atoms with Crippen LogP contribution in [-0.2, 0) is 4.79 Å². The molecule has 184 valence electrons. The fourth-order valence-electron chi connectivity index (χ4n) is 4.71. The van der Waals surface area contributed by atoms with Gasteiger partial charge in [0.2, 0.25) is 5.91 Å². The smallest absolute Gasteiger partial charge is 0.255 e. The van der Waals surface area contributed by atoms with Crippen LogP contribution in [0, 0.1) is 25.2 Å². The fraction of sp³-hybridized carbons (Fsp3) is 0.500. The molecule has 0 radical (unpaired) electrons. The average Bonchev–Trinajstić information content (AvgIpc) is 2.80. The predicted octanol–water partition coefficient (Wildman–Crippen LogP) is 4.60. The highest BCUT2D eigenvalue weighted by Crippen LogP contribution is 2.27. The van der Waals surface area contributed by atoms with Gasteiger partial charge in [-0.1, -0.05) is 38.1 Å². The number of para-hydroxylation sites is 1. The number of hydrogen-bond acceptors (Lipinski definition) is 4. The minimum atomic E-state index is -0.0393. The quantitative estimate of drug-likeness (QED) is 0.599. The maximum absolute atomic E-state index is 13.4. The number of rotatable bonds is 8. The Morgan fingerprint density at radius 2 is 1.65 bits per heavy atom. The molecule has 2 amide bonds. The molecule has 34 heavy (non-hydrogen) atoms. The Bertz CT molecular complexity index is 1010. The highest BCUT2D eigenvalue weighted by molar-refractivity contribution is 6.00. The van der Waals surface area contributed by atoms with E-state index in [4.69, 9.17) is 0 Å². The summed E-state index contributed by atoms with van der Waals surface area (Å²) in [6.07, 6.45) is 1.39. The molecule has 0 aliphatic carbocycles. The van der Waals surface area contributed by atoms with Crippen molar-refractivity contribution in [2.45, 2.75) is 40.5 Å². The fourth-order valence-corrected chi connectivity index (χ4v) is 4.71. The zero-order valence-electron chi connectivity index (χ0n) is 21.6. The van der Waals surface area contributed by atoms with Crippen LogP contribution in [0.4, 0.5) is 11.4 Å². The molecule has 0 saturated carbocycles. The second-order valence-electron chi connectivity index (χ2n) is 10.6. The van der Waals surface area contributed by atoms with Crippen LogP contribution >= 0.6 is 0 Å². The topological polar surface area (TPSA) is 64.7 Å². The lowest BCUT2D eigenvalue weighted by atomic mass is 9.91. The van der Waals surface area contributed by atoms with Gasteiger partial charge in [-0.3, -0.25) is 9.59 Å². The number of likely N-dealkylation sites (tertiary alicyclic amines) is 1. The summed E-state index contributed by atoms with van der Waals surface area (Å²) in [7, 11) is 4.10. The molecule has 2 aromatic carbocycles. The van der Waals surface area contributed by atoms with E-state index in [1.165, 1.54) is 11.1 Å². The summed E-state index contributed by atoms with van der Waals surface area (Å²) in [6.45, 7) is 11.2. The number of aryl methyl sites for hydroxylation is 1. The third kappa shape index (κ3) is 6.60. The third-order valence-corrected chi connectivity index (χ3v) is 6.67. The second kappa shape index (κ2) is 11.0. The van der Waals surface area contributed by atoms with E-state index in [-0.39, 0.29) is 23.1 Å².